The van der Waals surface area contributed by atoms with Crippen LogP contribution in [0, 0.1) is 0 Å². The topological polar surface area (TPSA) is 107 Å². The number of piperidine rings is 1. The van der Waals surface area contributed by atoms with Crippen LogP contribution >= 0.6 is 11.3 Å². The van der Waals surface area contributed by atoms with E-state index in [0.29, 0.717) is 17.9 Å². The van der Waals surface area contributed by atoms with Gasteiger partial charge in [0.05, 0.1) is 16.5 Å². The summed E-state index contributed by atoms with van der Waals surface area (Å²) in [6.07, 6.45) is -4.35. The van der Waals surface area contributed by atoms with Crippen LogP contribution < -0.4 is 10.6 Å². The molecule has 1 aliphatic heterocycles. The van der Waals surface area contributed by atoms with Crippen molar-refractivity contribution in [2.45, 2.75) is 77.2 Å². The molecule has 0 aliphatic carbocycles. The van der Waals surface area contributed by atoms with Crippen LogP contribution in [0.3, 0.4) is 0 Å². The molecule has 2 unspecified atom stereocenters. The number of carbonyl (C=O) groups excluding carboxylic acids is 2. The van der Waals surface area contributed by atoms with Gasteiger partial charge in [0.25, 0.3) is 18.2 Å². The fourth-order valence-electron chi connectivity index (χ4n) is 3.84. The largest absolute Gasteiger partial charge is 0.405 e. The second-order valence-electron chi connectivity index (χ2n) is 9.82. The van der Waals surface area contributed by atoms with E-state index in [2.05, 4.69) is 15.3 Å². The van der Waals surface area contributed by atoms with Gasteiger partial charge in [0.1, 0.15) is 18.1 Å². The van der Waals surface area contributed by atoms with Crippen molar-refractivity contribution in [2.24, 2.45) is 0 Å². The number of amides is 2. The highest BCUT2D eigenvalue weighted by Gasteiger charge is 2.33. The lowest BCUT2D eigenvalue weighted by molar-refractivity contribution is -0.115. The molecular weight excluding hydrogens is 533 g/mol. The molecule has 210 valence electrons. The van der Waals surface area contributed by atoms with Gasteiger partial charge in [-0.2, -0.15) is 13.2 Å². The minimum atomic E-state index is -4.59. The number of likely N-dealkylation sites (tertiary alicyclic amines) is 1. The fraction of sp³-hybridized carbons (Fsp3) is 0.583. The van der Waals surface area contributed by atoms with Gasteiger partial charge in [-0.15, -0.1) is 11.3 Å². The molecule has 1 fully saturated rings. The molecule has 2 aromatic heterocycles. The first-order chi connectivity index (χ1) is 17.6. The molecule has 0 aromatic carbocycles. The number of aliphatic hydroxyl groups is 1. The maximum atomic E-state index is 14.1. The number of hydrogen-bond donors (Lipinski definition) is 3. The lowest BCUT2D eigenvalue weighted by Crippen LogP contribution is -2.47. The number of halogens is 5. The molecule has 3 rings (SSSR count). The summed E-state index contributed by atoms with van der Waals surface area (Å²) in [6.45, 7) is 5.37. The van der Waals surface area contributed by atoms with Crippen molar-refractivity contribution in [2.75, 3.05) is 18.4 Å². The molecule has 38 heavy (non-hydrogen) atoms. The molecule has 8 nitrogen and oxygen atoms in total. The van der Waals surface area contributed by atoms with Gasteiger partial charge in [-0.25, -0.2) is 18.7 Å². The number of aromatic nitrogens is 2. The Morgan fingerprint density at radius 2 is 1.95 bits per heavy atom. The van der Waals surface area contributed by atoms with E-state index in [1.54, 1.807) is 11.8 Å². The molecule has 3 heterocycles. The number of thiazole rings is 1. The summed E-state index contributed by atoms with van der Waals surface area (Å²) in [5.74, 6) is -1.68. The molecule has 0 bridgehead atoms. The summed E-state index contributed by atoms with van der Waals surface area (Å²) in [5, 5.41) is 14.5. The van der Waals surface area contributed by atoms with Crippen molar-refractivity contribution in [3.05, 3.63) is 28.5 Å². The van der Waals surface area contributed by atoms with E-state index in [1.165, 1.54) is 13.8 Å². The minimum Gasteiger partial charge on any atom is -0.388 e. The maximum Gasteiger partial charge on any atom is 0.405 e. The highest BCUT2D eigenvalue weighted by Crippen LogP contribution is 2.39. The average Bonchev–Trinajstić information content (AvgIpc) is 3.27. The number of nitrogens with one attached hydrogen (secondary N) is 2. The van der Waals surface area contributed by atoms with Crippen LogP contribution in [0.15, 0.2) is 12.3 Å². The van der Waals surface area contributed by atoms with Gasteiger partial charge in [-0.1, -0.05) is 0 Å². The Hall–Kier alpha value is -2.87. The van der Waals surface area contributed by atoms with E-state index in [4.69, 9.17) is 0 Å². The first-order valence-corrected chi connectivity index (χ1v) is 12.8. The highest BCUT2D eigenvalue weighted by atomic mass is 32.1. The zero-order chi connectivity index (χ0) is 28.4. The Labute approximate surface area is 220 Å². The van der Waals surface area contributed by atoms with Gasteiger partial charge < -0.3 is 20.6 Å². The Morgan fingerprint density at radius 3 is 2.53 bits per heavy atom. The predicted octanol–water partition coefficient (Wildman–Crippen LogP) is 5.02. The first kappa shape index (κ1) is 29.7. The van der Waals surface area contributed by atoms with E-state index in [-0.39, 0.29) is 27.2 Å². The molecule has 2 amide bonds. The number of alkyl halides is 5. The van der Waals surface area contributed by atoms with Gasteiger partial charge >= 0.3 is 6.18 Å². The van der Waals surface area contributed by atoms with Crippen molar-refractivity contribution in [3.63, 3.8) is 0 Å². The van der Waals surface area contributed by atoms with Gasteiger partial charge in [0, 0.05) is 29.9 Å². The number of rotatable bonds is 8. The van der Waals surface area contributed by atoms with Gasteiger partial charge in [-0.05, 0) is 53.0 Å². The van der Waals surface area contributed by atoms with Crippen molar-refractivity contribution >= 4 is 29.0 Å². The fourth-order valence-corrected chi connectivity index (χ4v) is 4.84. The molecule has 1 saturated heterocycles. The molecule has 3 N–H and O–H groups in total. The van der Waals surface area contributed by atoms with Crippen molar-refractivity contribution in [1.29, 1.82) is 0 Å². The molecule has 1 aliphatic rings. The summed E-state index contributed by atoms with van der Waals surface area (Å²) in [7, 11) is 0. The quantitative estimate of drug-likeness (QED) is 0.390. The molecule has 0 radical (unpaired) electrons. The van der Waals surface area contributed by atoms with Crippen LogP contribution in [-0.2, 0) is 0 Å². The number of anilines is 1. The summed E-state index contributed by atoms with van der Waals surface area (Å²) < 4.78 is 66.0. The van der Waals surface area contributed by atoms with E-state index in [1.807, 2.05) is 12.2 Å². The van der Waals surface area contributed by atoms with Crippen LogP contribution in [0.1, 0.15) is 79.2 Å². The average molecular weight is 564 g/mol. The zero-order valence-electron chi connectivity index (χ0n) is 21.3. The Balaban J connectivity index is 2.08. The Kier molecular flexibility index (Phi) is 8.97. The maximum absolute atomic E-state index is 14.1. The standard InChI is InChI=1S/C24H30F5N5O3S/c1-12-7-5-6-8-34(12)22(36)17-18(38-21(33-17)20(35)32-13(2)23(3,4)37)15-10-30-16(9-14(15)19(25)26)31-11-24(27,28)29/h9-10,12-13,19,37H,5-8,11H2,1-4H3,(H,30,31)(H,32,35). The summed E-state index contributed by atoms with van der Waals surface area (Å²) in [6, 6.07) is -0.0555. The second-order valence-corrected chi connectivity index (χ2v) is 10.8. The smallest absolute Gasteiger partial charge is 0.388 e. The summed E-state index contributed by atoms with van der Waals surface area (Å²) in [4.78, 5) is 36.1. The van der Waals surface area contributed by atoms with Crippen molar-refractivity contribution < 1.29 is 36.6 Å². The van der Waals surface area contributed by atoms with Crippen LogP contribution in [0.5, 0.6) is 0 Å². The lowest BCUT2D eigenvalue weighted by atomic mass is 10.0. The normalized spacial score (nSPS) is 17.4. The minimum absolute atomic E-state index is 0.0426. The molecule has 0 spiro atoms. The van der Waals surface area contributed by atoms with Crippen LogP contribution in [0.4, 0.5) is 27.8 Å². The number of hydrogen-bond acceptors (Lipinski definition) is 7. The number of nitrogens with zero attached hydrogens (tertiary/aromatic N) is 3. The van der Waals surface area contributed by atoms with Gasteiger partial charge in [0.15, 0.2) is 5.01 Å². The highest BCUT2D eigenvalue weighted by molar-refractivity contribution is 7.17. The third kappa shape index (κ3) is 7.16. The molecule has 2 atom stereocenters. The SMILES string of the molecule is CC1CCCCN1C(=O)c1nc(C(=O)NC(C)C(C)(C)O)sc1-c1cnc(NCC(F)(F)F)cc1C(F)F. The van der Waals surface area contributed by atoms with Crippen LogP contribution in [-0.4, -0.2) is 68.7 Å². The molecule has 2 aromatic rings. The monoisotopic (exact) mass is 563 g/mol. The van der Waals surface area contributed by atoms with E-state index in [9.17, 15) is 36.6 Å². The molecular formula is C24H30F5N5O3S. The van der Waals surface area contributed by atoms with Gasteiger partial charge in [0.2, 0.25) is 0 Å². The van der Waals surface area contributed by atoms with Crippen LogP contribution in [0.25, 0.3) is 10.4 Å². The molecule has 0 saturated carbocycles. The number of pyridine rings is 1. The van der Waals surface area contributed by atoms with E-state index in [0.717, 1.165) is 31.5 Å². The van der Waals surface area contributed by atoms with E-state index < -0.39 is 54.0 Å². The zero-order valence-corrected chi connectivity index (χ0v) is 22.1. The van der Waals surface area contributed by atoms with E-state index >= 15 is 0 Å². The van der Waals surface area contributed by atoms with Gasteiger partial charge in [-0.3, -0.25) is 9.59 Å². The second kappa shape index (κ2) is 11.5. The van der Waals surface area contributed by atoms with Crippen molar-refractivity contribution in [1.82, 2.24) is 20.2 Å². The Morgan fingerprint density at radius 1 is 1.26 bits per heavy atom. The molecule has 14 heteroatoms. The summed E-state index contributed by atoms with van der Waals surface area (Å²) >= 11 is 0.696. The predicted molar refractivity (Wildman–Crippen MR) is 132 cm³/mol. The number of carbonyl (C=O) groups is 2. The third-order valence-electron chi connectivity index (χ3n) is 6.38. The van der Waals surface area contributed by atoms with Crippen LogP contribution in [0.2, 0.25) is 0 Å². The lowest BCUT2D eigenvalue weighted by Gasteiger charge is -2.33. The summed E-state index contributed by atoms with van der Waals surface area (Å²) in [5.41, 5.74) is -2.36. The first-order valence-electron chi connectivity index (χ1n) is 12.0. The van der Waals surface area contributed by atoms with Crippen molar-refractivity contribution in [3.8, 4) is 10.4 Å². The third-order valence-corrected chi connectivity index (χ3v) is 7.47. The Bertz CT molecular complexity index is 1170.